The van der Waals surface area contributed by atoms with E-state index in [1.807, 2.05) is 50.4 Å². The molecule has 2 aromatic carbocycles. The number of thiazole rings is 1. The van der Waals surface area contributed by atoms with Gasteiger partial charge in [-0.1, -0.05) is 43.7 Å². The number of nitrogens with zero attached hydrogens (tertiary/aromatic N) is 5. The van der Waals surface area contributed by atoms with Crippen molar-refractivity contribution < 1.29 is 13.2 Å². The molecule has 0 spiro atoms. The van der Waals surface area contributed by atoms with Gasteiger partial charge in [-0.3, -0.25) is 14.4 Å². The maximum atomic E-state index is 13.6. The average molecular weight is 512 g/mol. The largest absolute Gasteiger partial charge is 0.282 e. The maximum Gasteiger partial charge on any atom is 0.260 e. The van der Waals surface area contributed by atoms with Gasteiger partial charge in [0, 0.05) is 37.6 Å². The number of sulfonamides is 1. The van der Waals surface area contributed by atoms with Gasteiger partial charge in [0.2, 0.25) is 10.0 Å². The van der Waals surface area contributed by atoms with Crippen molar-refractivity contribution in [3.63, 3.8) is 0 Å². The first-order valence-corrected chi connectivity index (χ1v) is 13.9. The minimum atomic E-state index is -3.61. The topological polar surface area (TPSA) is 88.4 Å². The highest BCUT2D eigenvalue weighted by Gasteiger charge is 2.25. The Morgan fingerprint density at radius 1 is 1.03 bits per heavy atom. The number of carbonyl (C=O) groups is 1. The van der Waals surface area contributed by atoms with Crippen LogP contribution in [0.15, 0.2) is 71.9 Å². The number of benzene rings is 2. The van der Waals surface area contributed by atoms with Gasteiger partial charge in [-0.15, -0.1) is 0 Å². The van der Waals surface area contributed by atoms with Crippen LogP contribution in [0.3, 0.4) is 0 Å². The van der Waals surface area contributed by atoms with E-state index in [1.165, 1.54) is 27.8 Å². The summed E-state index contributed by atoms with van der Waals surface area (Å²) in [5, 5.41) is 4.83. The Kier molecular flexibility index (Phi) is 7.94. The Morgan fingerprint density at radius 3 is 2.46 bits per heavy atom. The minimum Gasteiger partial charge on any atom is -0.282 e. The fourth-order valence-corrected chi connectivity index (χ4v) is 6.23. The van der Waals surface area contributed by atoms with Crippen LogP contribution in [0, 0.1) is 0 Å². The van der Waals surface area contributed by atoms with Crippen LogP contribution < -0.4 is 4.90 Å². The van der Waals surface area contributed by atoms with E-state index in [1.54, 1.807) is 27.9 Å². The van der Waals surface area contributed by atoms with Gasteiger partial charge in [0.25, 0.3) is 5.91 Å². The summed E-state index contributed by atoms with van der Waals surface area (Å²) in [5.74, 6) is -0.238. The molecule has 0 saturated carbocycles. The SMILES string of the molecule is CCCCN(CC)S(=O)(=O)c1ccc(C(=O)N(CCn2cccn2)c2nc3ccccc3s2)cc1. The first-order chi connectivity index (χ1) is 16.9. The highest BCUT2D eigenvalue weighted by molar-refractivity contribution is 7.89. The van der Waals surface area contributed by atoms with Gasteiger partial charge in [0.1, 0.15) is 0 Å². The molecule has 8 nitrogen and oxygen atoms in total. The summed E-state index contributed by atoms with van der Waals surface area (Å²) < 4.78 is 30.3. The first kappa shape index (κ1) is 25.0. The monoisotopic (exact) mass is 511 g/mol. The van der Waals surface area contributed by atoms with Crippen LogP contribution in [0.4, 0.5) is 5.13 Å². The van der Waals surface area contributed by atoms with Gasteiger partial charge in [0.05, 0.1) is 21.7 Å². The van der Waals surface area contributed by atoms with Gasteiger partial charge in [-0.2, -0.15) is 9.40 Å². The molecule has 4 rings (SSSR count). The van der Waals surface area contributed by atoms with Crippen molar-refractivity contribution in [2.45, 2.75) is 38.1 Å². The molecule has 0 fully saturated rings. The number of unbranched alkanes of at least 4 members (excludes halogenated alkanes) is 1. The number of para-hydroxylation sites is 1. The summed E-state index contributed by atoms with van der Waals surface area (Å²) in [6.07, 6.45) is 5.26. The number of rotatable bonds is 11. The minimum absolute atomic E-state index is 0.190. The van der Waals surface area contributed by atoms with Crippen molar-refractivity contribution in [2.75, 3.05) is 24.5 Å². The molecule has 0 unspecified atom stereocenters. The Labute approximate surface area is 209 Å². The highest BCUT2D eigenvalue weighted by Crippen LogP contribution is 2.30. The zero-order valence-corrected chi connectivity index (χ0v) is 21.5. The highest BCUT2D eigenvalue weighted by atomic mass is 32.2. The Hall–Kier alpha value is -3.08. The molecule has 35 heavy (non-hydrogen) atoms. The fraction of sp³-hybridized carbons (Fsp3) is 0.320. The van der Waals surface area contributed by atoms with Crippen molar-refractivity contribution in [3.05, 3.63) is 72.6 Å². The lowest BCUT2D eigenvalue weighted by Gasteiger charge is -2.21. The van der Waals surface area contributed by atoms with E-state index in [0.29, 0.717) is 36.9 Å². The Bertz CT molecular complexity index is 1330. The molecule has 2 heterocycles. The summed E-state index contributed by atoms with van der Waals surface area (Å²) in [4.78, 5) is 20.1. The lowest BCUT2D eigenvalue weighted by molar-refractivity contribution is 0.0985. The average Bonchev–Trinajstić information content (AvgIpc) is 3.54. The summed E-state index contributed by atoms with van der Waals surface area (Å²) >= 11 is 1.45. The van der Waals surface area contributed by atoms with Crippen molar-refractivity contribution in [2.24, 2.45) is 0 Å². The molecule has 0 radical (unpaired) electrons. The van der Waals surface area contributed by atoms with Crippen molar-refractivity contribution in [1.82, 2.24) is 19.1 Å². The first-order valence-electron chi connectivity index (χ1n) is 11.7. The second-order valence-electron chi connectivity index (χ2n) is 8.06. The van der Waals surface area contributed by atoms with Crippen LogP contribution in [0.25, 0.3) is 10.2 Å². The van der Waals surface area contributed by atoms with E-state index in [9.17, 15) is 13.2 Å². The zero-order chi connectivity index (χ0) is 24.8. The van der Waals surface area contributed by atoms with Crippen LogP contribution in [0.5, 0.6) is 0 Å². The van der Waals surface area contributed by atoms with Crippen LogP contribution >= 0.6 is 11.3 Å². The Morgan fingerprint density at radius 2 is 1.80 bits per heavy atom. The maximum absolute atomic E-state index is 13.6. The molecular formula is C25H29N5O3S2. The van der Waals surface area contributed by atoms with E-state index in [4.69, 9.17) is 0 Å². The molecule has 0 saturated heterocycles. The Balaban J connectivity index is 1.61. The molecule has 0 aliphatic heterocycles. The second-order valence-corrected chi connectivity index (χ2v) is 11.0. The van der Waals surface area contributed by atoms with Gasteiger partial charge in [0.15, 0.2) is 5.13 Å². The van der Waals surface area contributed by atoms with Gasteiger partial charge in [-0.05, 0) is 48.9 Å². The van der Waals surface area contributed by atoms with Crippen molar-refractivity contribution in [1.29, 1.82) is 0 Å². The summed E-state index contributed by atoms with van der Waals surface area (Å²) in [6, 6.07) is 15.8. The molecule has 0 bridgehead atoms. The number of carbonyl (C=O) groups excluding carboxylic acids is 1. The molecule has 0 N–H and O–H groups in total. The third-order valence-electron chi connectivity index (χ3n) is 5.72. The number of amides is 1. The number of anilines is 1. The van der Waals surface area contributed by atoms with E-state index in [-0.39, 0.29) is 10.8 Å². The lowest BCUT2D eigenvalue weighted by Crippen LogP contribution is -2.34. The molecule has 4 aromatic rings. The number of hydrogen-bond acceptors (Lipinski definition) is 6. The molecule has 10 heteroatoms. The van der Waals surface area contributed by atoms with E-state index >= 15 is 0 Å². The normalized spacial score (nSPS) is 11.9. The molecular weight excluding hydrogens is 482 g/mol. The summed E-state index contributed by atoms with van der Waals surface area (Å²) in [6.45, 7) is 5.63. The third-order valence-corrected chi connectivity index (χ3v) is 8.77. The smallest absolute Gasteiger partial charge is 0.260 e. The third kappa shape index (κ3) is 5.61. The standard InChI is InChI=1S/C25H29N5O3S2/c1-3-5-17-29(4-2)35(32,33)21-13-11-20(12-14-21)24(31)30(19-18-28-16-8-15-26-28)25-27-22-9-6-7-10-23(22)34-25/h6-16H,3-5,17-19H2,1-2H3. The predicted molar refractivity (Wildman–Crippen MR) is 139 cm³/mol. The van der Waals surface area contributed by atoms with Gasteiger partial charge < -0.3 is 0 Å². The summed E-state index contributed by atoms with van der Waals surface area (Å²) in [7, 11) is -3.61. The van der Waals surface area contributed by atoms with Crippen LogP contribution in [0.2, 0.25) is 0 Å². The molecule has 0 aliphatic carbocycles. The number of hydrogen-bond donors (Lipinski definition) is 0. The summed E-state index contributed by atoms with van der Waals surface area (Å²) in [5.41, 5.74) is 1.23. The quantitative estimate of drug-likeness (QED) is 0.292. The zero-order valence-electron chi connectivity index (χ0n) is 19.9. The van der Waals surface area contributed by atoms with E-state index in [2.05, 4.69) is 10.1 Å². The van der Waals surface area contributed by atoms with Crippen molar-refractivity contribution >= 4 is 42.6 Å². The lowest BCUT2D eigenvalue weighted by atomic mass is 10.2. The fourth-order valence-electron chi connectivity index (χ4n) is 3.75. The molecule has 0 aliphatic rings. The predicted octanol–water partition coefficient (Wildman–Crippen LogP) is 4.65. The van der Waals surface area contributed by atoms with Gasteiger partial charge in [-0.25, -0.2) is 13.4 Å². The molecule has 0 atom stereocenters. The molecule has 184 valence electrons. The van der Waals surface area contributed by atoms with Crippen LogP contribution in [-0.2, 0) is 16.6 Å². The van der Waals surface area contributed by atoms with Crippen LogP contribution in [0.1, 0.15) is 37.0 Å². The number of fused-ring (bicyclic) bond motifs is 1. The molecule has 1 amide bonds. The van der Waals surface area contributed by atoms with Gasteiger partial charge >= 0.3 is 0 Å². The van der Waals surface area contributed by atoms with E-state index < -0.39 is 10.0 Å². The molecule has 2 aromatic heterocycles. The van der Waals surface area contributed by atoms with Crippen molar-refractivity contribution in [3.8, 4) is 0 Å². The second kappa shape index (κ2) is 11.1. The number of aromatic nitrogens is 3. The van der Waals surface area contributed by atoms with E-state index in [0.717, 1.165) is 23.1 Å². The van der Waals surface area contributed by atoms with Crippen LogP contribution in [-0.4, -0.2) is 53.0 Å².